The number of hydrogen-bond donors (Lipinski definition) is 6. The van der Waals surface area contributed by atoms with E-state index in [1.54, 1.807) is 14.1 Å². The Kier molecular flexibility index (Phi) is 6.47. The van der Waals surface area contributed by atoms with Gasteiger partial charge in [-0.05, 0) is 51.8 Å². The topological polar surface area (TPSA) is 183 Å². The van der Waals surface area contributed by atoms with Crippen LogP contribution >= 0.6 is 0 Å². The fraction of sp³-hybridized carbons (Fsp3) is 0.519. The number of rotatable bonds is 5. The Bertz CT molecular complexity index is 1350. The molecule has 1 aromatic carbocycles. The maximum absolute atomic E-state index is 13.9. The van der Waals surface area contributed by atoms with Gasteiger partial charge >= 0.3 is 0 Å². The molecule has 39 heavy (non-hydrogen) atoms. The van der Waals surface area contributed by atoms with Crippen molar-refractivity contribution in [2.75, 3.05) is 27.9 Å². The number of benzene rings is 1. The Morgan fingerprint density at radius 2 is 1.95 bits per heavy atom. The molecule has 2 fully saturated rings. The smallest absolute Gasteiger partial charge is 0.255 e. The molecule has 4 aliphatic rings. The first-order chi connectivity index (χ1) is 18.4. The maximum atomic E-state index is 13.9. The lowest BCUT2D eigenvalue weighted by molar-refractivity contribution is -0.153. The number of aliphatic hydroxyl groups is 3. The van der Waals surface area contributed by atoms with Gasteiger partial charge in [-0.1, -0.05) is 0 Å². The molecule has 1 amide bonds. The standard InChI is InChI=1S/C27H32FN3O8/c1-31(2)20-14-7-10-6-13-18(16(32)8-12(23(13)39-3)15-5-4-11(9-28)30-15)21(33)17(10)24(35)27(14,38)25(36)19(22(20)34)26(29)37/h8,10-11,14-15,20,30,32-33,36,38H,4-7,9H2,1-3H3,(H2,29,37)/t10-,11-,14-,15?,20-,27-/m0/s1. The minimum atomic E-state index is -2.70. The van der Waals surface area contributed by atoms with E-state index in [1.807, 2.05) is 0 Å². The van der Waals surface area contributed by atoms with E-state index in [0.717, 1.165) is 0 Å². The molecule has 5 rings (SSSR count). The highest BCUT2D eigenvalue weighted by Gasteiger charge is 2.64. The summed E-state index contributed by atoms with van der Waals surface area (Å²) in [7, 11) is 4.52. The summed E-state index contributed by atoms with van der Waals surface area (Å²) in [5.74, 6) is -6.74. The summed E-state index contributed by atoms with van der Waals surface area (Å²) in [4.78, 5) is 40.6. The van der Waals surface area contributed by atoms with E-state index < -0.39 is 64.7 Å². The van der Waals surface area contributed by atoms with E-state index in [4.69, 9.17) is 10.5 Å². The molecule has 7 N–H and O–H groups in total. The third-order valence-electron chi connectivity index (χ3n) is 8.71. The molecule has 6 atom stereocenters. The number of methoxy groups -OCH3 is 1. The number of ether oxygens (including phenoxy) is 1. The summed E-state index contributed by atoms with van der Waals surface area (Å²) in [6.07, 6.45) is 1.29. The second-order valence-electron chi connectivity index (χ2n) is 11.0. The number of nitrogens with one attached hydrogen (secondary N) is 1. The molecular formula is C27H32FN3O8. The molecule has 0 aromatic heterocycles. The Labute approximate surface area is 223 Å². The third-order valence-corrected chi connectivity index (χ3v) is 8.71. The van der Waals surface area contributed by atoms with E-state index in [0.29, 0.717) is 29.7 Å². The Morgan fingerprint density at radius 1 is 1.26 bits per heavy atom. The number of aliphatic hydroxyl groups excluding tert-OH is 2. The number of halogens is 1. The zero-order chi connectivity index (χ0) is 28.5. The van der Waals surface area contributed by atoms with Crippen molar-refractivity contribution in [2.45, 2.75) is 49.4 Å². The third kappa shape index (κ3) is 3.69. The van der Waals surface area contributed by atoms with Gasteiger partial charge in [0, 0.05) is 34.7 Å². The molecule has 1 saturated carbocycles. The van der Waals surface area contributed by atoms with Crippen LogP contribution in [-0.2, 0) is 20.8 Å². The van der Waals surface area contributed by atoms with Gasteiger partial charge in [-0.3, -0.25) is 19.3 Å². The number of alkyl halides is 1. The number of Topliss-reactive ketones (excluding diaryl/α,β-unsaturated/α-hetero) is 2. The molecular weight excluding hydrogens is 513 g/mol. The number of aromatic hydroxyl groups is 1. The van der Waals surface area contributed by atoms with E-state index in [-0.39, 0.29) is 41.8 Å². The van der Waals surface area contributed by atoms with Crippen molar-refractivity contribution in [3.05, 3.63) is 39.7 Å². The number of carbonyl (C=O) groups is 3. The van der Waals surface area contributed by atoms with Crippen LogP contribution in [0.15, 0.2) is 23.0 Å². The van der Waals surface area contributed by atoms with Gasteiger partial charge in [-0.25, -0.2) is 4.39 Å². The number of carbonyl (C=O) groups excluding carboxylic acids is 3. The SMILES string of the molecule is COc1c(C2CC[C@@H](CF)N2)cc(O)c2c1C[C@H]1C[C@H]3[C@H](N(C)C)C(=O)C(C(N)=O)=C(O)[C@@]3(O)C(=O)C1=C2O. The van der Waals surface area contributed by atoms with Crippen LogP contribution in [0.25, 0.3) is 5.76 Å². The highest BCUT2D eigenvalue weighted by molar-refractivity contribution is 6.24. The van der Waals surface area contributed by atoms with Crippen molar-refractivity contribution in [3.8, 4) is 11.5 Å². The van der Waals surface area contributed by atoms with Crippen molar-refractivity contribution in [1.82, 2.24) is 10.2 Å². The number of nitrogens with two attached hydrogens (primary N) is 1. The number of nitrogens with zero attached hydrogens (tertiary/aromatic N) is 1. The summed E-state index contributed by atoms with van der Waals surface area (Å²) >= 11 is 0. The summed E-state index contributed by atoms with van der Waals surface area (Å²) in [6, 6.07) is -0.388. The molecule has 12 heteroatoms. The van der Waals surface area contributed by atoms with Gasteiger partial charge in [-0.15, -0.1) is 0 Å². The van der Waals surface area contributed by atoms with Crippen LogP contribution in [0.2, 0.25) is 0 Å². The molecule has 1 unspecified atom stereocenters. The van der Waals surface area contributed by atoms with Crippen LogP contribution in [0.1, 0.15) is 42.0 Å². The average Bonchev–Trinajstić information content (AvgIpc) is 3.35. The Balaban J connectivity index is 1.69. The lowest BCUT2D eigenvalue weighted by Gasteiger charge is -2.50. The number of amides is 1. The number of ketones is 2. The zero-order valence-corrected chi connectivity index (χ0v) is 21.8. The van der Waals surface area contributed by atoms with E-state index >= 15 is 0 Å². The maximum Gasteiger partial charge on any atom is 0.255 e. The second kappa shape index (κ2) is 9.32. The molecule has 11 nitrogen and oxygen atoms in total. The van der Waals surface area contributed by atoms with Crippen LogP contribution in [0.3, 0.4) is 0 Å². The first-order valence-corrected chi connectivity index (χ1v) is 12.8. The van der Waals surface area contributed by atoms with Gasteiger partial charge in [0.05, 0.1) is 18.7 Å². The molecule has 1 aliphatic heterocycles. The highest BCUT2D eigenvalue weighted by Crippen LogP contribution is 2.54. The Morgan fingerprint density at radius 3 is 2.51 bits per heavy atom. The number of hydrogen-bond acceptors (Lipinski definition) is 10. The van der Waals surface area contributed by atoms with Gasteiger partial charge in [0.2, 0.25) is 5.78 Å². The molecule has 1 saturated heterocycles. The molecule has 0 radical (unpaired) electrons. The first kappa shape index (κ1) is 27.1. The number of phenolic OH excluding ortho intramolecular Hbond substituents is 1. The van der Waals surface area contributed by atoms with E-state index in [2.05, 4.69) is 5.32 Å². The fourth-order valence-electron chi connectivity index (χ4n) is 7.00. The van der Waals surface area contributed by atoms with Crippen LogP contribution in [0.5, 0.6) is 11.5 Å². The second-order valence-corrected chi connectivity index (χ2v) is 11.0. The van der Waals surface area contributed by atoms with Gasteiger partial charge in [0.1, 0.15) is 35.3 Å². The van der Waals surface area contributed by atoms with Crippen molar-refractivity contribution in [2.24, 2.45) is 17.6 Å². The number of phenols is 1. The molecule has 0 bridgehead atoms. The van der Waals surface area contributed by atoms with Crippen LogP contribution in [0, 0.1) is 11.8 Å². The van der Waals surface area contributed by atoms with Crippen molar-refractivity contribution in [3.63, 3.8) is 0 Å². The summed E-state index contributed by atoms with van der Waals surface area (Å²) in [5.41, 5.74) is 2.53. The number of likely N-dealkylation sites (N-methyl/N-ethyl adjacent to an activating group) is 1. The fourth-order valence-corrected chi connectivity index (χ4v) is 7.00. The number of fused-ring (bicyclic) bond motifs is 3. The van der Waals surface area contributed by atoms with Crippen LogP contribution in [-0.4, -0.2) is 88.4 Å². The lowest BCUT2D eigenvalue weighted by Crippen LogP contribution is -2.65. The predicted molar refractivity (Wildman–Crippen MR) is 136 cm³/mol. The van der Waals surface area contributed by atoms with Crippen LogP contribution in [0.4, 0.5) is 4.39 Å². The number of primary amides is 1. The van der Waals surface area contributed by atoms with E-state index in [1.165, 1.54) is 18.1 Å². The minimum Gasteiger partial charge on any atom is -0.508 e. The quantitative estimate of drug-likeness (QED) is 0.289. The monoisotopic (exact) mass is 545 g/mol. The van der Waals surface area contributed by atoms with Gasteiger partial charge in [-0.2, -0.15) is 0 Å². The molecule has 210 valence electrons. The van der Waals surface area contributed by atoms with Gasteiger partial charge in [0.15, 0.2) is 11.4 Å². The molecule has 3 aliphatic carbocycles. The largest absolute Gasteiger partial charge is 0.508 e. The molecule has 1 aromatic rings. The normalized spacial score (nSPS) is 32.3. The minimum absolute atomic E-state index is 0.0223. The zero-order valence-electron chi connectivity index (χ0n) is 21.8. The van der Waals surface area contributed by atoms with E-state index in [9.17, 15) is 39.2 Å². The van der Waals surface area contributed by atoms with Crippen LogP contribution < -0.4 is 15.8 Å². The lowest BCUT2D eigenvalue weighted by atomic mass is 9.57. The van der Waals surface area contributed by atoms with Crippen molar-refractivity contribution < 1.29 is 43.9 Å². The predicted octanol–water partition coefficient (Wildman–Crippen LogP) is 0.735. The first-order valence-electron chi connectivity index (χ1n) is 12.8. The van der Waals surface area contributed by atoms with Gasteiger partial charge in [0.25, 0.3) is 5.91 Å². The summed E-state index contributed by atoms with van der Waals surface area (Å²) in [5, 5.41) is 48.1. The molecule has 0 spiro atoms. The summed E-state index contributed by atoms with van der Waals surface area (Å²) in [6.45, 7) is -0.540. The van der Waals surface area contributed by atoms with Crippen molar-refractivity contribution >= 4 is 23.2 Å². The highest BCUT2D eigenvalue weighted by atomic mass is 19.1. The van der Waals surface area contributed by atoms with Crippen molar-refractivity contribution in [1.29, 1.82) is 0 Å². The van der Waals surface area contributed by atoms with Gasteiger partial charge < -0.3 is 36.2 Å². The Hall–Kier alpha value is -3.48. The molecule has 1 heterocycles. The average molecular weight is 546 g/mol. The summed E-state index contributed by atoms with van der Waals surface area (Å²) < 4.78 is 19.0.